The Morgan fingerprint density at radius 1 is 1.07 bits per heavy atom. The molecule has 27 heavy (non-hydrogen) atoms. The van der Waals surface area contributed by atoms with Crippen LogP contribution in [0.5, 0.6) is 5.75 Å². The first-order valence-corrected chi connectivity index (χ1v) is 7.92. The first-order chi connectivity index (χ1) is 13.0. The van der Waals surface area contributed by atoms with E-state index in [1.165, 1.54) is 12.1 Å². The smallest absolute Gasteiger partial charge is 0.270 e. The molecule has 0 spiro atoms. The molecule has 0 unspecified atom stereocenters. The second-order valence-corrected chi connectivity index (χ2v) is 5.91. The van der Waals surface area contributed by atoms with E-state index in [1.807, 2.05) is 0 Å². The molecule has 0 saturated carbocycles. The molecule has 5 nitrogen and oxygen atoms in total. The Balaban J connectivity index is 1.83. The fourth-order valence-corrected chi connectivity index (χ4v) is 3.03. The van der Waals surface area contributed by atoms with Gasteiger partial charge >= 0.3 is 0 Å². The van der Waals surface area contributed by atoms with Crippen LogP contribution in [0.15, 0.2) is 59.5 Å². The summed E-state index contributed by atoms with van der Waals surface area (Å²) in [4.78, 5) is 14.3. The van der Waals surface area contributed by atoms with Gasteiger partial charge < -0.3 is 14.7 Å². The van der Waals surface area contributed by atoms with Crippen molar-refractivity contribution in [1.82, 2.24) is 9.55 Å². The van der Waals surface area contributed by atoms with Gasteiger partial charge in [0.1, 0.15) is 23.2 Å². The van der Waals surface area contributed by atoms with Crippen LogP contribution in [-0.2, 0) is 0 Å². The van der Waals surface area contributed by atoms with E-state index in [-0.39, 0.29) is 16.6 Å². The molecule has 0 fully saturated rings. The molecule has 0 saturated heterocycles. The first kappa shape index (κ1) is 16.5. The Labute approximate surface area is 151 Å². The lowest BCUT2D eigenvalue weighted by molar-refractivity contribution is 0.476. The largest absolute Gasteiger partial charge is 0.504 e. The van der Waals surface area contributed by atoms with E-state index in [9.17, 15) is 18.7 Å². The van der Waals surface area contributed by atoms with Crippen molar-refractivity contribution in [3.63, 3.8) is 0 Å². The number of benzene rings is 2. The van der Waals surface area contributed by atoms with E-state index in [2.05, 4.69) is 4.98 Å². The maximum Gasteiger partial charge on any atom is 0.270 e. The number of hydrogen-bond donors (Lipinski definition) is 2. The fraction of sp³-hybridized carbons (Fsp3) is 0. The van der Waals surface area contributed by atoms with Crippen molar-refractivity contribution in [2.45, 2.75) is 0 Å². The number of H-pyrrole nitrogens is 1. The number of nitriles is 1. The molecular formula is C20H11F2N3O2. The molecular weight excluding hydrogens is 352 g/mol. The van der Waals surface area contributed by atoms with Crippen molar-refractivity contribution >= 4 is 11.0 Å². The minimum Gasteiger partial charge on any atom is -0.504 e. The van der Waals surface area contributed by atoms with Crippen molar-refractivity contribution in [3.05, 3.63) is 82.3 Å². The van der Waals surface area contributed by atoms with Gasteiger partial charge in [-0.3, -0.25) is 4.79 Å². The average molecular weight is 363 g/mol. The second kappa shape index (κ2) is 6.11. The molecule has 0 radical (unpaired) electrons. The Kier molecular flexibility index (Phi) is 3.74. The third kappa shape index (κ3) is 2.64. The molecule has 0 aliphatic carbocycles. The molecule has 0 amide bonds. The topological polar surface area (TPSA) is 81.8 Å². The Morgan fingerprint density at radius 3 is 2.48 bits per heavy atom. The van der Waals surface area contributed by atoms with Crippen LogP contribution in [0.25, 0.3) is 27.8 Å². The van der Waals surface area contributed by atoms with Crippen molar-refractivity contribution in [2.24, 2.45) is 0 Å². The van der Waals surface area contributed by atoms with Crippen LogP contribution in [0.3, 0.4) is 0 Å². The lowest BCUT2D eigenvalue weighted by atomic mass is 10.0. The van der Waals surface area contributed by atoms with Gasteiger partial charge in [0.2, 0.25) is 0 Å². The summed E-state index contributed by atoms with van der Waals surface area (Å²) in [7, 11) is 0. The molecule has 0 aliphatic rings. The molecule has 2 heterocycles. The van der Waals surface area contributed by atoms with E-state index in [0.29, 0.717) is 16.8 Å². The summed E-state index contributed by atoms with van der Waals surface area (Å²) in [6.07, 6.45) is 1.63. The van der Waals surface area contributed by atoms with Crippen LogP contribution in [0, 0.1) is 23.0 Å². The number of aromatic hydroxyl groups is 1. The minimum absolute atomic E-state index is 0.263. The lowest BCUT2D eigenvalue weighted by Gasteiger charge is -2.09. The molecule has 2 aromatic carbocycles. The molecule has 7 heteroatoms. The number of pyridine rings is 1. The van der Waals surface area contributed by atoms with Gasteiger partial charge in [-0.15, -0.1) is 0 Å². The Morgan fingerprint density at radius 2 is 1.81 bits per heavy atom. The zero-order chi connectivity index (χ0) is 19.1. The standard InChI is InChI=1S/C20H11F2N3O2/c21-12-3-6-14(16(22)9-12)11-1-4-13(5-2-11)25-8-7-17-18(25)19(26)15(10-23)20(27)24-17/h1-9H,(H2,24,26,27). The average Bonchev–Trinajstić information content (AvgIpc) is 3.06. The van der Waals surface area contributed by atoms with Crippen LogP contribution < -0.4 is 5.56 Å². The predicted octanol–water partition coefficient (Wildman–Crippen LogP) is 3.84. The maximum atomic E-state index is 13.9. The fourth-order valence-electron chi connectivity index (χ4n) is 3.03. The second-order valence-electron chi connectivity index (χ2n) is 5.91. The molecule has 4 rings (SSSR count). The van der Waals surface area contributed by atoms with Gasteiger partial charge in [-0.05, 0) is 35.9 Å². The molecule has 2 N–H and O–H groups in total. The summed E-state index contributed by atoms with van der Waals surface area (Å²) in [5.41, 5.74) is 1.08. The van der Waals surface area contributed by atoms with E-state index < -0.39 is 22.9 Å². The molecule has 132 valence electrons. The van der Waals surface area contributed by atoms with Gasteiger partial charge in [-0.25, -0.2) is 8.78 Å². The summed E-state index contributed by atoms with van der Waals surface area (Å²) in [6, 6.07) is 13.3. The summed E-state index contributed by atoms with van der Waals surface area (Å²) in [6.45, 7) is 0. The predicted molar refractivity (Wildman–Crippen MR) is 95.6 cm³/mol. The summed E-state index contributed by atoms with van der Waals surface area (Å²) in [5.74, 6) is -1.72. The highest BCUT2D eigenvalue weighted by Gasteiger charge is 2.16. The van der Waals surface area contributed by atoms with Gasteiger partial charge in [0.15, 0.2) is 11.3 Å². The monoisotopic (exact) mass is 363 g/mol. The number of halogens is 2. The number of rotatable bonds is 2. The number of nitrogens with zero attached hydrogens (tertiary/aromatic N) is 2. The highest BCUT2D eigenvalue weighted by Crippen LogP contribution is 2.30. The highest BCUT2D eigenvalue weighted by atomic mass is 19.1. The van der Waals surface area contributed by atoms with Crippen LogP contribution in [0.2, 0.25) is 0 Å². The maximum absolute atomic E-state index is 13.9. The van der Waals surface area contributed by atoms with Gasteiger partial charge in [0, 0.05) is 23.5 Å². The SMILES string of the molecule is N#Cc1c(O)c2c(ccn2-c2ccc(-c3ccc(F)cc3F)cc2)[nH]c1=O. The normalized spacial score (nSPS) is 10.9. The van der Waals surface area contributed by atoms with Crippen LogP contribution in [0.1, 0.15) is 5.56 Å². The van der Waals surface area contributed by atoms with E-state index in [1.54, 1.807) is 47.2 Å². The Hall–Kier alpha value is -3.92. The number of nitrogens with one attached hydrogen (secondary N) is 1. The lowest BCUT2D eigenvalue weighted by Crippen LogP contribution is -2.10. The quantitative estimate of drug-likeness (QED) is 0.568. The van der Waals surface area contributed by atoms with Crippen LogP contribution >= 0.6 is 0 Å². The van der Waals surface area contributed by atoms with Gasteiger partial charge in [0.25, 0.3) is 5.56 Å². The van der Waals surface area contributed by atoms with Gasteiger partial charge in [0.05, 0.1) is 5.52 Å². The van der Waals surface area contributed by atoms with E-state index >= 15 is 0 Å². The molecule has 0 bridgehead atoms. The van der Waals surface area contributed by atoms with Crippen molar-refractivity contribution < 1.29 is 13.9 Å². The van der Waals surface area contributed by atoms with E-state index in [0.717, 1.165) is 6.07 Å². The number of aromatic amines is 1. The highest BCUT2D eigenvalue weighted by molar-refractivity contribution is 5.86. The number of fused-ring (bicyclic) bond motifs is 1. The van der Waals surface area contributed by atoms with Gasteiger partial charge in [-0.1, -0.05) is 12.1 Å². The third-order valence-corrected chi connectivity index (χ3v) is 4.32. The Bertz CT molecular complexity index is 1280. The third-order valence-electron chi connectivity index (χ3n) is 4.32. The van der Waals surface area contributed by atoms with Crippen molar-refractivity contribution in [2.75, 3.05) is 0 Å². The number of aromatic nitrogens is 2. The van der Waals surface area contributed by atoms with Crippen molar-refractivity contribution in [3.8, 4) is 28.6 Å². The molecule has 0 aliphatic heterocycles. The molecule has 2 aromatic heterocycles. The van der Waals surface area contributed by atoms with E-state index in [4.69, 9.17) is 5.26 Å². The van der Waals surface area contributed by atoms with Crippen LogP contribution in [0.4, 0.5) is 8.78 Å². The number of hydrogen-bond acceptors (Lipinski definition) is 3. The zero-order valence-corrected chi connectivity index (χ0v) is 13.7. The van der Waals surface area contributed by atoms with Gasteiger partial charge in [-0.2, -0.15) is 5.26 Å². The summed E-state index contributed by atoms with van der Waals surface area (Å²) >= 11 is 0. The minimum atomic E-state index is -0.664. The molecule has 4 aromatic rings. The first-order valence-electron chi connectivity index (χ1n) is 7.92. The molecule has 0 atom stereocenters. The zero-order valence-electron chi connectivity index (χ0n) is 13.7. The summed E-state index contributed by atoms with van der Waals surface area (Å²) < 4.78 is 28.6. The van der Waals surface area contributed by atoms with Crippen molar-refractivity contribution in [1.29, 1.82) is 5.26 Å². The van der Waals surface area contributed by atoms with Crippen LogP contribution in [-0.4, -0.2) is 14.7 Å². The summed E-state index contributed by atoms with van der Waals surface area (Å²) in [5, 5.41) is 19.4.